The van der Waals surface area contributed by atoms with Crippen LogP contribution in [0.25, 0.3) is 0 Å². The molecule has 0 heterocycles. The average molecular weight is 132 g/mol. The lowest BCUT2D eigenvalue weighted by Gasteiger charge is -1.98. The van der Waals surface area contributed by atoms with Crippen molar-refractivity contribution >= 4 is 0 Å². The van der Waals surface area contributed by atoms with Crippen molar-refractivity contribution < 1.29 is 5.11 Å². The highest BCUT2D eigenvalue weighted by Gasteiger charge is 2.14. The fourth-order valence-electron chi connectivity index (χ4n) is 1.29. The Hall–Kier alpha value is -1.08. The van der Waals surface area contributed by atoms with Gasteiger partial charge in [-0.2, -0.15) is 0 Å². The minimum Gasteiger partial charge on any atom is -0.392 e. The molecule has 0 fully saturated rings. The van der Waals surface area contributed by atoms with Crippen molar-refractivity contribution in [1.29, 1.82) is 0 Å². The summed E-state index contributed by atoms with van der Waals surface area (Å²) in [5.41, 5.74) is 3.44. The summed E-state index contributed by atoms with van der Waals surface area (Å²) in [6.45, 7) is 0.146. The van der Waals surface area contributed by atoms with Crippen LogP contribution in [0.5, 0.6) is 0 Å². The van der Waals surface area contributed by atoms with E-state index < -0.39 is 0 Å². The number of allylic oxidation sites excluding steroid dienone is 6. The first kappa shape index (κ1) is 5.69. The first-order valence-corrected chi connectivity index (χ1v) is 3.32. The Morgan fingerprint density at radius 2 is 2.10 bits per heavy atom. The lowest BCUT2D eigenvalue weighted by atomic mass is 10.1. The lowest BCUT2D eigenvalue weighted by Crippen LogP contribution is -1.89. The second-order valence-corrected chi connectivity index (χ2v) is 2.41. The van der Waals surface area contributed by atoms with Crippen molar-refractivity contribution in [3.05, 3.63) is 47.1 Å². The molecule has 0 spiro atoms. The van der Waals surface area contributed by atoms with Gasteiger partial charge in [-0.3, -0.25) is 0 Å². The van der Waals surface area contributed by atoms with Gasteiger partial charge < -0.3 is 5.11 Å². The topological polar surface area (TPSA) is 20.2 Å². The molecule has 0 atom stereocenters. The Morgan fingerprint density at radius 3 is 2.90 bits per heavy atom. The van der Waals surface area contributed by atoms with E-state index in [1.807, 2.05) is 24.3 Å². The standard InChI is InChI=1S/C9H8O/c10-6-8-5-4-7-2-1-3-9(7)8/h1-5,10H,6H2. The van der Waals surface area contributed by atoms with E-state index in [4.69, 9.17) is 5.11 Å². The molecule has 10 heavy (non-hydrogen) atoms. The summed E-state index contributed by atoms with van der Waals surface area (Å²) in [4.78, 5) is 0. The maximum absolute atomic E-state index is 8.84. The van der Waals surface area contributed by atoms with Gasteiger partial charge in [0.25, 0.3) is 0 Å². The zero-order valence-electron chi connectivity index (χ0n) is 5.54. The summed E-state index contributed by atoms with van der Waals surface area (Å²) in [6.07, 6.45) is 10.1. The summed E-state index contributed by atoms with van der Waals surface area (Å²) in [7, 11) is 0. The highest BCUT2D eigenvalue weighted by molar-refractivity contribution is 5.64. The fraction of sp³-hybridized carbons (Fsp3) is 0.111. The van der Waals surface area contributed by atoms with Gasteiger partial charge in [-0.15, -0.1) is 0 Å². The number of fused-ring (bicyclic) bond motifs is 1. The molecule has 2 aliphatic carbocycles. The Balaban J connectivity index is 2.38. The van der Waals surface area contributed by atoms with Gasteiger partial charge >= 0.3 is 0 Å². The van der Waals surface area contributed by atoms with Gasteiger partial charge in [0.2, 0.25) is 0 Å². The quantitative estimate of drug-likeness (QED) is 0.570. The summed E-state index contributed by atoms with van der Waals surface area (Å²) < 4.78 is 0. The van der Waals surface area contributed by atoms with Crippen molar-refractivity contribution in [3.63, 3.8) is 0 Å². The fourth-order valence-corrected chi connectivity index (χ4v) is 1.29. The van der Waals surface area contributed by atoms with Crippen LogP contribution in [0.3, 0.4) is 0 Å². The highest BCUT2D eigenvalue weighted by Crippen LogP contribution is 2.30. The van der Waals surface area contributed by atoms with Crippen LogP contribution in [-0.4, -0.2) is 11.7 Å². The molecule has 0 aromatic heterocycles. The predicted octanol–water partition coefficient (Wildman–Crippen LogP) is 1.34. The van der Waals surface area contributed by atoms with Gasteiger partial charge in [0, 0.05) is 0 Å². The number of rotatable bonds is 1. The molecule has 2 aliphatic rings. The van der Waals surface area contributed by atoms with Gasteiger partial charge in [0.15, 0.2) is 0 Å². The molecule has 0 aliphatic heterocycles. The van der Waals surface area contributed by atoms with Crippen molar-refractivity contribution in [3.8, 4) is 0 Å². The van der Waals surface area contributed by atoms with Crippen molar-refractivity contribution in [1.82, 2.24) is 0 Å². The molecular weight excluding hydrogens is 124 g/mol. The lowest BCUT2D eigenvalue weighted by molar-refractivity contribution is 0.334. The van der Waals surface area contributed by atoms with E-state index in [-0.39, 0.29) is 6.61 Å². The van der Waals surface area contributed by atoms with Gasteiger partial charge in [-0.25, -0.2) is 0 Å². The third-order valence-electron chi connectivity index (χ3n) is 1.83. The van der Waals surface area contributed by atoms with Gasteiger partial charge in [-0.1, -0.05) is 30.4 Å². The van der Waals surface area contributed by atoms with Crippen molar-refractivity contribution in [2.24, 2.45) is 0 Å². The molecule has 0 saturated heterocycles. The SMILES string of the molecule is OCC1=CC=C2C=CC=C21. The Kier molecular flexibility index (Phi) is 1.11. The molecule has 0 aromatic rings. The van der Waals surface area contributed by atoms with Gasteiger partial charge in [0.05, 0.1) is 6.61 Å². The first-order chi connectivity index (χ1) is 4.92. The van der Waals surface area contributed by atoms with E-state index in [2.05, 4.69) is 6.08 Å². The van der Waals surface area contributed by atoms with Crippen LogP contribution in [0.15, 0.2) is 47.1 Å². The molecule has 0 radical (unpaired) electrons. The van der Waals surface area contributed by atoms with E-state index in [0.29, 0.717) is 0 Å². The zero-order valence-corrected chi connectivity index (χ0v) is 5.54. The predicted molar refractivity (Wildman–Crippen MR) is 40.5 cm³/mol. The number of aliphatic hydroxyl groups is 1. The van der Waals surface area contributed by atoms with Crippen molar-refractivity contribution in [2.75, 3.05) is 6.61 Å². The Morgan fingerprint density at radius 1 is 1.20 bits per heavy atom. The third kappa shape index (κ3) is 0.611. The molecule has 0 bridgehead atoms. The Labute approximate surface area is 59.7 Å². The molecular formula is C9H8O. The Bertz CT molecular complexity index is 277. The second-order valence-electron chi connectivity index (χ2n) is 2.41. The number of hydrogen-bond donors (Lipinski definition) is 1. The largest absolute Gasteiger partial charge is 0.392 e. The molecule has 0 amide bonds. The van der Waals surface area contributed by atoms with E-state index in [1.54, 1.807) is 0 Å². The average Bonchev–Trinajstić information content (AvgIpc) is 2.44. The minimum atomic E-state index is 0.146. The van der Waals surface area contributed by atoms with Gasteiger partial charge in [0.1, 0.15) is 0 Å². The van der Waals surface area contributed by atoms with E-state index in [1.165, 1.54) is 11.1 Å². The molecule has 0 aromatic carbocycles. The monoisotopic (exact) mass is 132 g/mol. The smallest absolute Gasteiger partial charge is 0.0687 e. The molecule has 1 N–H and O–H groups in total. The van der Waals surface area contributed by atoms with Crippen LogP contribution >= 0.6 is 0 Å². The third-order valence-corrected chi connectivity index (χ3v) is 1.83. The molecule has 0 saturated carbocycles. The van der Waals surface area contributed by atoms with E-state index in [9.17, 15) is 0 Å². The van der Waals surface area contributed by atoms with E-state index >= 15 is 0 Å². The summed E-state index contributed by atoms with van der Waals surface area (Å²) >= 11 is 0. The molecule has 0 unspecified atom stereocenters. The molecule has 2 rings (SSSR count). The summed E-state index contributed by atoms with van der Waals surface area (Å²) in [6, 6.07) is 0. The van der Waals surface area contributed by atoms with Crippen molar-refractivity contribution in [2.45, 2.75) is 0 Å². The zero-order chi connectivity index (χ0) is 6.97. The maximum atomic E-state index is 8.84. The summed E-state index contributed by atoms with van der Waals surface area (Å²) in [5.74, 6) is 0. The van der Waals surface area contributed by atoms with Crippen LogP contribution < -0.4 is 0 Å². The minimum absolute atomic E-state index is 0.146. The van der Waals surface area contributed by atoms with Crippen LogP contribution in [0.1, 0.15) is 0 Å². The summed E-state index contributed by atoms with van der Waals surface area (Å²) in [5, 5.41) is 8.84. The van der Waals surface area contributed by atoms with Crippen LogP contribution in [0.2, 0.25) is 0 Å². The highest BCUT2D eigenvalue weighted by atomic mass is 16.3. The maximum Gasteiger partial charge on any atom is 0.0687 e. The number of hydrogen-bond acceptors (Lipinski definition) is 1. The van der Waals surface area contributed by atoms with Crippen LogP contribution in [0.4, 0.5) is 0 Å². The molecule has 1 nitrogen and oxygen atoms in total. The van der Waals surface area contributed by atoms with Crippen LogP contribution in [0, 0.1) is 0 Å². The van der Waals surface area contributed by atoms with E-state index in [0.717, 1.165) is 5.57 Å². The molecule has 50 valence electrons. The molecule has 1 heteroatoms. The normalized spacial score (nSPS) is 20.3. The first-order valence-electron chi connectivity index (χ1n) is 3.32. The van der Waals surface area contributed by atoms with Gasteiger partial charge in [-0.05, 0) is 16.7 Å². The second kappa shape index (κ2) is 1.96. The van der Waals surface area contributed by atoms with Crippen LogP contribution in [-0.2, 0) is 0 Å². The number of aliphatic hydroxyl groups excluding tert-OH is 1.